The minimum Gasteiger partial charge on any atom is -0.373 e. The Bertz CT molecular complexity index is 565. The Balaban J connectivity index is 1.28. The molecule has 3 heterocycles. The van der Waals surface area contributed by atoms with Crippen molar-refractivity contribution in [2.45, 2.75) is 63.1 Å². The maximum Gasteiger partial charge on any atom is 0.220 e. The minimum atomic E-state index is 0.116. The van der Waals surface area contributed by atoms with E-state index in [1.54, 1.807) is 0 Å². The molecule has 3 aliphatic heterocycles. The molecule has 4 atom stereocenters. The summed E-state index contributed by atoms with van der Waals surface area (Å²) < 4.78 is 6.04. The second-order valence-corrected chi connectivity index (χ2v) is 8.09. The van der Waals surface area contributed by atoms with Crippen molar-refractivity contribution in [3.05, 3.63) is 35.9 Å². The summed E-state index contributed by atoms with van der Waals surface area (Å²) in [6.07, 6.45) is 7.94. The molecule has 4 heteroatoms. The fourth-order valence-electron chi connectivity index (χ4n) is 4.98. The highest BCUT2D eigenvalue weighted by Gasteiger charge is 2.34. The van der Waals surface area contributed by atoms with Crippen LogP contribution < -0.4 is 10.6 Å². The Labute approximate surface area is 150 Å². The number of nitrogens with one attached hydrogen (secondary N) is 2. The van der Waals surface area contributed by atoms with E-state index in [9.17, 15) is 4.79 Å². The first kappa shape index (κ1) is 17.0. The zero-order chi connectivity index (χ0) is 17.1. The molecule has 4 unspecified atom stereocenters. The van der Waals surface area contributed by atoms with E-state index in [2.05, 4.69) is 34.9 Å². The molecule has 0 saturated carbocycles. The van der Waals surface area contributed by atoms with E-state index >= 15 is 0 Å². The Hall–Kier alpha value is -1.39. The van der Waals surface area contributed by atoms with Crippen LogP contribution >= 0.6 is 0 Å². The molecule has 1 aromatic carbocycles. The molecule has 1 amide bonds. The molecule has 2 bridgehead atoms. The number of hydrogen-bond acceptors (Lipinski definition) is 3. The van der Waals surface area contributed by atoms with E-state index in [1.807, 2.05) is 6.07 Å². The predicted molar refractivity (Wildman–Crippen MR) is 98.2 cm³/mol. The summed E-state index contributed by atoms with van der Waals surface area (Å²) in [6, 6.07) is 11.7. The summed E-state index contributed by atoms with van der Waals surface area (Å²) in [6.45, 7) is 1.55. The lowest BCUT2D eigenvalue weighted by molar-refractivity contribution is -0.123. The van der Waals surface area contributed by atoms with Crippen molar-refractivity contribution in [3.63, 3.8) is 0 Å². The monoisotopic (exact) mass is 342 g/mol. The molecule has 2 N–H and O–H groups in total. The SMILES string of the molecule is O=C(CC1CC2CCC(C1)N2)NCC1CCCOC1c1ccccc1. The summed E-state index contributed by atoms with van der Waals surface area (Å²) in [4.78, 5) is 12.5. The van der Waals surface area contributed by atoms with Gasteiger partial charge < -0.3 is 15.4 Å². The van der Waals surface area contributed by atoms with E-state index in [0.29, 0.717) is 30.3 Å². The number of ether oxygens (including phenoxy) is 1. The number of rotatable bonds is 5. The number of fused-ring (bicyclic) bond motifs is 2. The van der Waals surface area contributed by atoms with Crippen LogP contribution in [0.25, 0.3) is 0 Å². The van der Waals surface area contributed by atoms with Gasteiger partial charge in [0.1, 0.15) is 0 Å². The van der Waals surface area contributed by atoms with Gasteiger partial charge in [-0.1, -0.05) is 30.3 Å². The molecule has 3 saturated heterocycles. The number of amides is 1. The van der Waals surface area contributed by atoms with Gasteiger partial charge in [-0.2, -0.15) is 0 Å². The van der Waals surface area contributed by atoms with Gasteiger partial charge in [-0.25, -0.2) is 0 Å². The number of benzene rings is 1. The van der Waals surface area contributed by atoms with Gasteiger partial charge in [0, 0.05) is 37.6 Å². The van der Waals surface area contributed by atoms with E-state index in [-0.39, 0.29) is 12.0 Å². The van der Waals surface area contributed by atoms with Crippen LogP contribution in [0.3, 0.4) is 0 Å². The predicted octanol–water partition coefficient (Wildman–Crippen LogP) is 3.19. The van der Waals surface area contributed by atoms with Gasteiger partial charge in [0.15, 0.2) is 0 Å². The average molecular weight is 342 g/mol. The van der Waals surface area contributed by atoms with Crippen molar-refractivity contribution in [1.82, 2.24) is 10.6 Å². The second kappa shape index (κ2) is 7.88. The zero-order valence-corrected chi connectivity index (χ0v) is 15.0. The van der Waals surface area contributed by atoms with Crippen LogP contribution in [0.5, 0.6) is 0 Å². The molecule has 4 rings (SSSR count). The van der Waals surface area contributed by atoms with Crippen LogP contribution in [0, 0.1) is 11.8 Å². The van der Waals surface area contributed by atoms with Gasteiger partial charge in [-0.05, 0) is 50.0 Å². The van der Waals surface area contributed by atoms with Gasteiger partial charge in [-0.15, -0.1) is 0 Å². The molecule has 25 heavy (non-hydrogen) atoms. The Morgan fingerprint density at radius 3 is 2.64 bits per heavy atom. The quantitative estimate of drug-likeness (QED) is 0.864. The molecule has 3 aliphatic rings. The van der Waals surface area contributed by atoms with Crippen LogP contribution in [-0.2, 0) is 9.53 Å². The van der Waals surface area contributed by atoms with Crippen LogP contribution in [-0.4, -0.2) is 31.1 Å². The molecule has 0 spiro atoms. The number of piperidine rings is 1. The maximum absolute atomic E-state index is 12.5. The topological polar surface area (TPSA) is 50.4 Å². The standard InChI is InChI=1S/C21H30N2O2/c24-20(13-15-11-18-8-9-19(12-15)23-18)22-14-17-7-4-10-25-21(17)16-5-2-1-3-6-16/h1-3,5-6,15,17-19,21,23H,4,7-14H2,(H,22,24). The van der Waals surface area contributed by atoms with Crippen molar-refractivity contribution in [2.75, 3.05) is 13.2 Å². The largest absolute Gasteiger partial charge is 0.373 e. The number of carbonyl (C=O) groups excluding carboxylic acids is 1. The van der Waals surface area contributed by atoms with E-state index < -0.39 is 0 Å². The van der Waals surface area contributed by atoms with Crippen LogP contribution in [0.4, 0.5) is 0 Å². The van der Waals surface area contributed by atoms with Crippen LogP contribution in [0.15, 0.2) is 30.3 Å². The molecule has 3 fully saturated rings. The molecule has 0 aromatic heterocycles. The third kappa shape index (κ3) is 4.24. The van der Waals surface area contributed by atoms with E-state index in [0.717, 1.165) is 26.0 Å². The van der Waals surface area contributed by atoms with Gasteiger partial charge >= 0.3 is 0 Å². The molecular weight excluding hydrogens is 312 g/mol. The molecule has 0 aliphatic carbocycles. The highest BCUT2D eigenvalue weighted by atomic mass is 16.5. The van der Waals surface area contributed by atoms with Crippen LogP contribution in [0.2, 0.25) is 0 Å². The highest BCUT2D eigenvalue weighted by Crippen LogP contribution is 2.34. The Morgan fingerprint density at radius 2 is 1.88 bits per heavy atom. The maximum atomic E-state index is 12.5. The summed E-state index contributed by atoms with van der Waals surface area (Å²) in [7, 11) is 0. The first-order valence-corrected chi connectivity index (χ1v) is 9.97. The van der Waals surface area contributed by atoms with E-state index in [1.165, 1.54) is 31.2 Å². The van der Waals surface area contributed by atoms with Crippen molar-refractivity contribution in [2.24, 2.45) is 11.8 Å². The van der Waals surface area contributed by atoms with Crippen molar-refractivity contribution < 1.29 is 9.53 Å². The second-order valence-electron chi connectivity index (χ2n) is 8.09. The molecular formula is C21H30N2O2. The highest BCUT2D eigenvalue weighted by molar-refractivity contribution is 5.76. The lowest BCUT2D eigenvalue weighted by Gasteiger charge is -2.33. The smallest absolute Gasteiger partial charge is 0.220 e. The lowest BCUT2D eigenvalue weighted by Crippen LogP contribution is -2.40. The Kier molecular flexibility index (Phi) is 5.37. The Morgan fingerprint density at radius 1 is 1.12 bits per heavy atom. The molecule has 0 radical (unpaired) electrons. The van der Waals surface area contributed by atoms with Crippen molar-refractivity contribution >= 4 is 5.91 Å². The average Bonchev–Trinajstić information content (AvgIpc) is 2.99. The van der Waals surface area contributed by atoms with E-state index in [4.69, 9.17) is 4.74 Å². The number of hydrogen-bond donors (Lipinski definition) is 2. The third-order valence-corrected chi connectivity index (χ3v) is 6.18. The zero-order valence-electron chi connectivity index (χ0n) is 15.0. The van der Waals surface area contributed by atoms with Crippen LogP contribution in [0.1, 0.15) is 56.6 Å². The molecule has 4 nitrogen and oxygen atoms in total. The summed E-state index contributed by atoms with van der Waals surface area (Å²) in [5, 5.41) is 6.86. The fraction of sp³-hybridized carbons (Fsp3) is 0.667. The number of carbonyl (C=O) groups is 1. The summed E-state index contributed by atoms with van der Waals surface area (Å²) >= 11 is 0. The van der Waals surface area contributed by atoms with Crippen molar-refractivity contribution in [3.8, 4) is 0 Å². The lowest BCUT2D eigenvalue weighted by atomic mass is 9.88. The normalized spacial score (nSPS) is 34.6. The van der Waals surface area contributed by atoms with Gasteiger partial charge in [0.05, 0.1) is 6.10 Å². The van der Waals surface area contributed by atoms with Gasteiger partial charge in [0.25, 0.3) is 0 Å². The molecule has 136 valence electrons. The summed E-state index contributed by atoms with van der Waals surface area (Å²) in [5.41, 5.74) is 1.23. The third-order valence-electron chi connectivity index (χ3n) is 6.18. The fourth-order valence-corrected chi connectivity index (χ4v) is 4.98. The van der Waals surface area contributed by atoms with Gasteiger partial charge in [-0.3, -0.25) is 4.79 Å². The first-order valence-electron chi connectivity index (χ1n) is 9.97. The van der Waals surface area contributed by atoms with Gasteiger partial charge in [0.2, 0.25) is 5.91 Å². The summed E-state index contributed by atoms with van der Waals surface area (Å²) in [5.74, 6) is 1.17. The molecule has 1 aromatic rings. The minimum absolute atomic E-state index is 0.116. The first-order chi connectivity index (χ1) is 12.3. The van der Waals surface area contributed by atoms with Crippen molar-refractivity contribution in [1.29, 1.82) is 0 Å².